The zero-order valence-electron chi connectivity index (χ0n) is 20.7. The van der Waals surface area contributed by atoms with Crippen molar-refractivity contribution in [2.75, 3.05) is 45.8 Å². The fraction of sp³-hybridized carbons (Fsp3) is 0.464. The quantitative estimate of drug-likeness (QED) is 0.433. The molecule has 0 radical (unpaired) electrons. The number of hydrogen-bond acceptors (Lipinski definition) is 3. The summed E-state index contributed by atoms with van der Waals surface area (Å²) in [4.78, 5) is 17.9. The fourth-order valence-electron chi connectivity index (χ4n) is 4.93. The summed E-state index contributed by atoms with van der Waals surface area (Å²) >= 11 is 6.04. The Morgan fingerprint density at radius 2 is 1.65 bits per heavy atom. The molecule has 1 fully saturated rings. The summed E-state index contributed by atoms with van der Waals surface area (Å²) in [6.07, 6.45) is 2.21. The number of carbonyl (C=O) groups is 1. The van der Waals surface area contributed by atoms with Crippen LogP contribution in [0.15, 0.2) is 42.5 Å². The minimum Gasteiger partial charge on any atom is -0.352 e. The fourth-order valence-corrected chi connectivity index (χ4v) is 5.05. The van der Waals surface area contributed by atoms with Crippen LogP contribution in [-0.2, 0) is 6.54 Å². The maximum atomic E-state index is 12.8. The Balaban J connectivity index is 1.34. The summed E-state index contributed by atoms with van der Waals surface area (Å²) in [5.74, 6) is 0.0113. The third-order valence-corrected chi connectivity index (χ3v) is 7.35. The molecule has 0 saturated carbocycles. The molecule has 0 bridgehead atoms. The standard InChI is InChI=1S/C28H37ClN4O/c1-4-13-31-15-17-32(18-16-31)14-5-12-30-28(34)24-8-11-27-26(19-24)21(2)22(3)33(27)20-23-6-9-25(29)10-7-23/h6-11,19H,4-5,12-18,20H2,1-3H3,(H,30,34). The van der Waals surface area contributed by atoms with E-state index < -0.39 is 0 Å². The molecule has 6 heteroatoms. The zero-order valence-corrected chi connectivity index (χ0v) is 21.5. The first kappa shape index (κ1) is 24.8. The van der Waals surface area contributed by atoms with Gasteiger partial charge in [0.1, 0.15) is 0 Å². The van der Waals surface area contributed by atoms with Crippen molar-refractivity contribution in [1.82, 2.24) is 19.7 Å². The topological polar surface area (TPSA) is 40.5 Å². The number of rotatable bonds is 9. The maximum absolute atomic E-state index is 12.8. The molecule has 2 aromatic carbocycles. The van der Waals surface area contributed by atoms with Gasteiger partial charge in [-0.3, -0.25) is 4.79 Å². The van der Waals surface area contributed by atoms with E-state index in [9.17, 15) is 4.79 Å². The average molecular weight is 481 g/mol. The highest BCUT2D eigenvalue weighted by molar-refractivity contribution is 6.30. The Bertz CT molecular complexity index is 1110. The normalized spacial score (nSPS) is 15.2. The molecule has 1 saturated heterocycles. The predicted molar refractivity (Wildman–Crippen MR) is 142 cm³/mol. The summed E-state index contributed by atoms with van der Waals surface area (Å²) in [5.41, 5.74) is 5.54. The maximum Gasteiger partial charge on any atom is 0.251 e. The number of benzene rings is 2. The monoisotopic (exact) mass is 480 g/mol. The van der Waals surface area contributed by atoms with Crippen LogP contribution in [0, 0.1) is 13.8 Å². The van der Waals surface area contributed by atoms with Gasteiger partial charge in [-0.05, 0) is 81.2 Å². The van der Waals surface area contributed by atoms with Crippen LogP contribution in [0.4, 0.5) is 0 Å². The van der Waals surface area contributed by atoms with Crippen molar-refractivity contribution in [3.63, 3.8) is 0 Å². The van der Waals surface area contributed by atoms with Crippen LogP contribution in [0.1, 0.15) is 46.9 Å². The number of halogens is 1. The van der Waals surface area contributed by atoms with Crippen molar-refractivity contribution in [2.45, 2.75) is 40.2 Å². The van der Waals surface area contributed by atoms with E-state index in [-0.39, 0.29) is 5.91 Å². The number of nitrogens with zero attached hydrogens (tertiary/aromatic N) is 3. The summed E-state index contributed by atoms with van der Waals surface area (Å²) < 4.78 is 2.32. The molecule has 0 atom stereocenters. The molecular formula is C28H37ClN4O. The highest BCUT2D eigenvalue weighted by Gasteiger charge is 2.16. The van der Waals surface area contributed by atoms with Gasteiger partial charge in [0.15, 0.2) is 0 Å². The van der Waals surface area contributed by atoms with Gasteiger partial charge in [0.25, 0.3) is 5.91 Å². The molecule has 0 aliphatic carbocycles. The number of amides is 1. The number of aryl methyl sites for hydroxylation is 1. The van der Waals surface area contributed by atoms with Crippen molar-refractivity contribution in [2.24, 2.45) is 0 Å². The Morgan fingerprint density at radius 1 is 0.971 bits per heavy atom. The summed E-state index contributed by atoms with van der Waals surface area (Å²) in [6.45, 7) is 14.9. The molecular weight excluding hydrogens is 444 g/mol. The van der Waals surface area contributed by atoms with E-state index in [1.54, 1.807) is 0 Å². The molecule has 1 aliphatic heterocycles. The molecule has 5 nitrogen and oxygen atoms in total. The molecule has 2 heterocycles. The van der Waals surface area contributed by atoms with Crippen molar-refractivity contribution >= 4 is 28.4 Å². The van der Waals surface area contributed by atoms with Crippen LogP contribution in [-0.4, -0.2) is 66.1 Å². The van der Waals surface area contributed by atoms with Gasteiger partial charge in [-0.15, -0.1) is 0 Å². The predicted octanol–water partition coefficient (Wildman–Crippen LogP) is 5.11. The van der Waals surface area contributed by atoms with Gasteiger partial charge < -0.3 is 19.7 Å². The highest BCUT2D eigenvalue weighted by Crippen LogP contribution is 2.27. The largest absolute Gasteiger partial charge is 0.352 e. The lowest BCUT2D eigenvalue weighted by Gasteiger charge is -2.34. The smallest absolute Gasteiger partial charge is 0.251 e. The van der Waals surface area contributed by atoms with Gasteiger partial charge >= 0.3 is 0 Å². The number of fused-ring (bicyclic) bond motifs is 1. The van der Waals surface area contributed by atoms with Crippen molar-refractivity contribution in [3.05, 3.63) is 69.9 Å². The Hall–Kier alpha value is -2.34. The van der Waals surface area contributed by atoms with Gasteiger partial charge in [0, 0.05) is 66.5 Å². The van der Waals surface area contributed by atoms with Gasteiger partial charge in [-0.2, -0.15) is 0 Å². The first-order valence-electron chi connectivity index (χ1n) is 12.5. The lowest BCUT2D eigenvalue weighted by atomic mass is 10.1. The lowest BCUT2D eigenvalue weighted by molar-refractivity contribution is 0.0948. The Morgan fingerprint density at radius 3 is 2.32 bits per heavy atom. The average Bonchev–Trinajstić information content (AvgIpc) is 3.08. The van der Waals surface area contributed by atoms with E-state index in [0.717, 1.165) is 67.2 Å². The molecule has 0 unspecified atom stereocenters. The second-order valence-electron chi connectivity index (χ2n) is 9.45. The van der Waals surface area contributed by atoms with Crippen LogP contribution >= 0.6 is 11.6 Å². The first-order chi connectivity index (χ1) is 16.5. The summed E-state index contributed by atoms with van der Waals surface area (Å²) in [5, 5.41) is 5.01. The van der Waals surface area contributed by atoms with Gasteiger partial charge in [0.2, 0.25) is 0 Å². The van der Waals surface area contributed by atoms with Crippen LogP contribution < -0.4 is 5.32 Å². The van der Waals surface area contributed by atoms with Gasteiger partial charge in [-0.25, -0.2) is 0 Å². The van der Waals surface area contributed by atoms with E-state index in [1.807, 2.05) is 24.3 Å². The number of carbonyl (C=O) groups excluding carboxylic acids is 1. The van der Waals surface area contributed by atoms with Crippen LogP contribution in [0.2, 0.25) is 5.02 Å². The van der Waals surface area contributed by atoms with Gasteiger partial charge in [-0.1, -0.05) is 30.7 Å². The Kier molecular flexibility index (Phi) is 8.30. The van der Waals surface area contributed by atoms with E-state index in [4.69, 9.17) is 11.6 Å². The van der Waals surface area contributed by atoms with E-state index in [2.05, 4.69) is 58.7 Å². The van der Waals surface area contributed by atoms with Crippen molar-refractivity contribution in [1.29, 1.82) is 0 Å². The molecule has 3 aromatic rings. The minimum atomic E-state index is 0.0113. The van der Waals surface area contributed by atoms with E-state index >= 15 is 0 Å². The van der Waals surface area contributed by atoms with E-state index in [1.165, 1.54) is 29.8 Å². The molecule has 0 spiro atoms. The highest BCUT2D eigenvalue weighted by atomic mass is 35.5. The van der Waals surface area contributed by atoms with E-state index in [0.29, 0.717) is 6.54 Å². The van der Waals surface area contributed by atoms with Crippen molar-refractivity contribution < 1.29 is 4.79 Å². The van der Waals surface area contributed by atoms with Gasteiger partial charge in [0.05, 0.1) is 0 Å². The zero-order chi connectivity index (χ0) is 24.1. The molecule has 182 valence electrons. The lowest BCUT2D eigenvalue weighted by Crippen LogP contribution is -2.47. The Labute approximate surface area is 208 Å². The summed E-state index contributed by atoms with van der Waals surface area (Å²) in [7, 11) is 0. The summed E-state index contributed by atoms with van der Waals surface area (Å²) in [6, 6.07) is 14.1. The first-order valence-corrected chi connectivity index (χ1v) is 12.9. The third-order valence-electron chi connectivity index (χ3n) is 7.10. The van der Waals surface area contributed by atoms with Crippen LogP contribution in [0.5, 0.6) is 0 Å². The minimum absolute atomic E-state index is 0.0113. The molecule has 1 amide bonds. The number of nitrogens with one attached hydrogen (secondary N) is 1. The van der Waals surface area contributed by atoms with Crippen molar-refractivity contribution in [3.8, 4) is 0 Å². The van der Waals surface area contributed by atoms with Crippen LogP contribution in [0.25, 0.3) is 10.9 Å². The molecule has 34 heavy (non-hydrogen) atoms. The second-order valence-corrected chi connectivity index (χ2v) is 9.88. The number of hydrogen-bond donors (Lipinski definition) is 1. The molecule has 4 rings (SSSR count). The molecule has 1 aliphatic rings. The third kappa shape index (κ3) is 5.83. The molecule has 1 aromatic heterocycles. The SMILES string of the molecule is CCCN1CCN(CCCNC(=O)c2ccc3c(c2)c(C)c(C)n3Cc2ccc(Cl)cc2)CC1. The molecule has 1 N–H and O–H groups in total. The second kappa shape index (κ2) is 11.4. The number of piperazine rings is 1. The van der Waals surface area contributed by atoms with Crippen LogP contribution in [0.3, 0.4) is 0 Å². The number of aromatic nitrogens is 1.